The molecule has 0 fully saturated rings. The Hall–Kier alpha value is -3.19. The van der Waals surface area contributed by atoms with Crippen molar-refractivity contribution >= 4 is 34.4 Å². The summed E-state index contributed by atoms with van der Waals surface area (Å²) in [6.45, 7) is 2.89. The van der Waals surface area contributed by atoms with Gasteiger partial charge in [0.25, 0.3) is 0 Å². The topological polar surface area (TPSA) is 107 Å². The minimum Gasteiger partial charge on any atom is -0.345 e. The smallest absolute Gasteiger partial charge is 0.345 e. The molecule has 0 saturated heterocycles. The van der Waals surface area contributed by atoms with Gasteiger partial charge in [-0.3, -0.25) is 4.79 Å². The van der Waals surface area contributed by atoms with Crippen molar-refractivity contribution in [3.8, 4) is 17.3 Å². The molecule has 2 N–H and O–H groups in total. The summed E-state index contributed by atoms with van der Waals surface area (Å²) in [7, 11) is 0. The van der Waals surface area contributed by atoms with E-state index >= 15 is 0 Å². The fourth-order valence-electron chi connectivity index (χ4n) is 2.82. The van der Waals surface area contributed by atoms with Crippen molar-refractivity contribution in [2.24, 2.45) is 0 Å². The predicted molar refractivity (Wildman–Crippen MR) is 105 cm³/mol. The van der Waals surface area contributed by atoms with E-state index in [4.69, 9.17) is 11.6 Å². The molecule has 0 bridgehead atoms. The number of nitrogens with one attached hydrogen (secondary N) is 2. The normalized spacial score (nSPS) is 12.0. The number of carbonyl (C=O) groups is 1. The molecule has 0 amide bonds. The van der Waals surface area contributed by atoms with Crippen LogP contribution in [0, 0.1) is 11.3 Å². The second kappa shape index (κ2) is 7.91. The third-order valence-electron chi connectivity index (χ3n) is 4.42. The Kier molecular flexibility index (Phi) is 5.67. The van der Waals surface area contributed by atoms with Crippen LogP contribution in [0.2, 0.25) is 5.02 Å². The lowest BCUT2D eigenvalue weighted by molar-refractivity contribution is -0.144. The summed E-state index contributed by atoms with van der Waals surface area (Å²) in [5.74, 6) is -0.642. The molecule has 3 heterocycles. The molecule has 0 aliphatic rings. The molecule has 0 aliphatic heterocycles. The highest BCUT2D eigenvalue weighted by Crippen LogP contribution is 2.31. The highest BCUT2D eigenvalue weighted by Gasteiger charge is 2.34. The number of nitriles is 1. The average molecular weight is 437 g/mol. The maximum absolute atomic E-state index is 12.4. The Labute approximate surface area is 174 Å². The number of nitrogens with zero attached hydrogens (tertiary/aromatic N) is 4. The van der Waals surface area contributed by atoms with E-state index in [-0.39, 0.29) is 17.2 Å². The molecule has 0 saturated carbocycles. The Morgan fingerprint density at radius 3 is 2.70 bits per heavy atom. The number of hydrogen-bond donors (Lipinski definition) is 2. The minimum atomic E-state index is -4.42. The number of Topliss-reactive ketones (excluding diaryl/α,β-unsaturated/α-hetero) is 1. The van der Waals surface area contributed by atoms with Crippen molar-refractivity contribution in [1.82, 2.24) is 19.9 Å². The van der Waals surface area contributed by atoms with Gasteiger partial charge in [-0.1, -0.05) is 11.6 Å². The molecule has 3 aromatic heterocycles. The summed E-state index contributed by atoms with van der Waals surface area (Å²) < 4.78 is 37.3. The minimum absolute atomic E-state index is 0.00121. The first-order valence-corrected chi connectivity index (χ1v) is 9.16. The molecule has 0 atom stereocenters. The van der Waals surface area contributed by atoms with E-state index in [1.54, 1.807) is 12.3 Å². The van der Waals surface area contributed by atoms with Gasteiger partial charge >= 0.3 is 6.18 Å². The summed E-state index contributed by atoms with van der Waals surface area (Å²) in [5.41, 5.74) is 0.172. The number of anilines is 1. The fraction of sp³-hybridized carbons (Fsp3) is 0.316. The quantitative estimate of drug-likeness (QED) is 0.582. The Bertz CT molecular complexity index is 1150. The van der Waals surface area contributed by atoms with E-state index in [1.165, 1.54) is 26.2 Å². The number of fused-ring (bicyclic) bond motifs is 1. The predicted octanol–water partition coefficient (Wildman–Crippen LogP) is 4.65. The van der Waals surface area contributed by atoms with Crippen LogP contribution in [0.4, 0.5) is 19.1 Å². The number of carbonyl (C=O) groups excluding carboxylic acids is 1. The summed E-state index contributed by atoms with van der Waals surface area (Å²) in [4.78, 5) is 27.7. The van der Waals surface area contributed by atoms with Gasteiger partial charge in [0.1, 0.15) is 11.7 Å². The summed E-state index contributed by atoms with van der Waals surface area (Å²) in [5, 5.41) is 13.2. The van der Waals surface area contributed by atoms with Crippen LogP contribution >= 0.6 is 11.6 Å². The van der Waals surface area contributed by atoms with Gasteiger partial charge in [0.15, 0.2) is 5.78 Å². The summed E-state index contributed by atoms with van der Waals surface area (Å²) >= 11 is 6.02. The van der Waals surface area contributed by atoms with Crippen molar-refractivity contribution in [2.75, 3.05) is 5.32 Å². The standard InChI is InChI=1S/C19H16ClF3N6O/c1-18(2,14(30)3-4-19(21,22)23)29-17-27-7-10(6-24)15(28-17)13-9-26-16-12(13)5-11(20)8-25-16/h5,7-9H,3-4H2,1-2H3,(H,25,26)(H,27,28,29). The molecule has 0 unspecified atom stereocenters. The highest BCUT2D eigenvalue weighted by atomic mass is 35.5. The molecule has 3 aromatic rings. The van der Waals surface area contributed by atoms with E-state index in [2.05, 4.69) is 25.3 Å². The SMILES string of the molecule is CC(C)(Nc1ncc(C#N)c(-c2c[nH]c3ncc(Cl)cc23)n1)C(=O)CCC(F)(F)F. The monoisotopic (exact) mass is 436 g/mol. The molecule has 0 radical (unpaired) electrons. The highest BCUT2D eigenvalue weighted by molar-refractivity contribution is 6.31. The van der Waals surface area contributed by atoms with Gasteiger partial charge in [0.2, 0.25) is 5.95 Å². The van der Waals surface area contributed by atoms with Gasteiger partial charge in [-0.25, -0.2) is 15.0 Å². The molecule has 156 valence electrons. The number of pyridine rings is 1. The zero-order chi connectivity index (χ0) is 22.1. The average Bonchev–Trinajstić information content (AvgIpc) is 3.07. The first kappa shape index (κ1) is 21.5. The number of ketones is 1. The van der Waals surface area contributed by atoms with Crippen LogP contribution in [-0.2, 0) is 4.79 Å². The molecule has 30 heavy (non-hydrogen) atoms. The maximum atomic E-state index is 12.4. The first-order valence-electron chi connectivity index (χ1n) is 8.78. The van der Waals surface area contributed by atoms with Gasteiger partial charge in [-0.15, -0.1) is 0 Å². The molecule has 0 aliphatic carbocycles. The van der Waals surface area contributed by atoms with Gasteiger partial charge < -0.3 is 10.3 Å². The fourth-order valence-corrected chi connectivity index (χ4v) is 2.98. The lowest BCUT2D eigenvalue weighted by Crippen LogP contribution is -2.41. The van der Waals surface area contributed by atoms with Crippen molar-refractivity contribution in [2.45, 2.75) is 38.4 Å². The maximum Gasteiger partial charge on any atom is 0.389 e. The van der Waals surface area contributed by atoms with Crippen LogP contribution in [0.25, 0.3) is 22.3 Å². The molecule has 0 aromatic carbocycles. The molecule has 7 nitrogen and oxygen atoms in total. The second-order valence-electron chi connectivity index (χ2n) is 7.11. The second-order valence-corrected chi connectivity index (χ2v) is 7.54. The largest absolute Gasteiger partial charge is 0.389 e. The van der Waals surface area contributed by atoms with Crippen LogP contribution in [-0.4, -0.2) is 37.4 Å². The Balaban J connectivity index is 1.94. The Morgan fingerprint density at radius 2 is 2.03 bits per heavy atom. The molecular weight excluding hydrogens is 421 g/mol. The zero-order valence-electron chi connectivity index (χ0n) is 15.9. The summed E-state index contributed by atoms with van der Waals surface area (Å²) in [6.07, 6.45) is -1.94. The van der Waals surface area contributed by atoms with Crippen molar-refractivity contribution in [3.63, 3.8) is 0 Å². The Morgan fingerprint density at radius 1 is 1.30 bits per heavy atom. The molecule has 11 heteroatoms. The third-order valence-corrected chi connectivity index (χ3v) is 4.63. The van der Waals surface area contributed by atoms with Crippen LogP contribution in [0.15, 0.2) is 24.7 Å². The lowest BCUT2D eigenvalue weighted by Gasteiger charge is -2.25. The van der Waals surface area contributed by atoms with Crippen LogP contribution in [0.3, 0.4) is 0 Å². The van der Waals surface area contributed by atoms with Crippen LogP contribution in [0.1, 0.15) is 32.3 Å². The number of halogens is 4. The van der Waals surface area contributed by atoms with E-state index < -0.39 is 30.3 Å². The van der Waals surface area contributed by atoms with E-state index in [1.807, 2.05) is 6.07 Å². The number of hydrogen-bond acceptors (Lipinski definition) is 6. The van der Waals surface area contributed by atoms with Gasteiger partial charge in [0.05, 0.1) is 34.4 Å². The van der Waals surface area contributed by atoms with Crippen molar-refractivity contribution in [3.05, 3.63) is 35.2 Å². The van der Waals surface area contributed by atoms with Gasteiger partial charge in [0, 0.05) is 29.8 Å². The third kappa shape index (κ3) is 4.68. The van der Waals surface area contributed by atoms with Gasteiger partial charge in [-0.05, 0) is 19.9 Å². The van der Waals surface area contributed by atoms with E-state index in [9.17, 15) is 23.2 Å². The number of aromatic amines is 1. The summed E-state index contributed by atoms with van der Waals surface area (Å²) in [6, 6.07) is 3.66. The number of rotatable bonds is 6. The van der Waals surface area contributed by atoms with Crippen molar-refractivity contribution < 1.29 is 18.0 Å². The van der Waals surface area contributed by atoms with E-state index in [0.717, 1.165) is 0 Å². The number of alkyl halides is 3. The van der Waals surface area contributed by atoms with Crippen LogP contribution in [0.5, 0.6) is 0 Å². The van der Waals surface area contributed by atoms with E-state index in [0.29, 0.717) is 21.6 Å². The molecule has 3 rings (SSSR count). The molecule has 0 spiro atoms. The zero-order valence-corrected chi connectivity index (χ0v) is 16.7. The number of aromatic nitrogens is 4. The van der Waals surface area contributed by atoms with Crippen LogP contribution < -0.4 is 5.32 Å². The van der Waals surface area contributed by atoms with Crippen molar-refractivity contribution in [1.29, 1.82) is 5.26 Å². The lowest BCUT2D eigenvalue weighted by atomic mass is 9.95. The molecular formula is C19H16ClF3N6O. The van der Waals surface area contributed by atoms with Gasteiger partial charge in [-0.2, -0.15) is 18.4 Å². The number of H-pyrrole nitrogens is 1. The first-order chi connectivity index (χ1) is 14.0.